The van der Waals surface area contributed by atoms with Crippen LogP contribution in [0.4, 0.5) is 5.69 Å². The van der Waals surface area contributed by atoms with Gasteiger partial charge in [-0.25, -0.2) is 9.67 Å². The van der Waals surface area contributed by atoms with Crippen molar-refractivity contribution < 1.29 is 0 Å². The molecule has 0 aliphatic heterocycles. The molecule has 0 unspecified atom stereocenters. The van der Waals surface area contributed by atoms with Gasteiger partial charge in [-0.05, 0) is 40.6 Å². The number of benzene rings is 1. The topological polar surface area (TPSA) is 42.7 Å². The molecule has 0 fully saturated rings. The second kappa shape index (κ2) is 6.17. The summed E-state index contributed by atoms with van der Waals surface area (Å²) < 4.78 is 3.18. The minimum Gasteiger partial charge on any atom is -0.377 e. The molecule has 2 aromatic rings. The first-order valence-electron chi connectivity index (χ1n) is 6.02. The lowest BCUT2D eigenvalue weighted by Gasteiger charge is -2.10. The fourth-order valence-electron chi connectivity index (χ4n) is 1.70. The van der Waals surface area contributed by atoms with Gasteiger partial charge >= 0.3 is 0 Å². The zero-order valence-electron chi connectivity index (χ0n) is 10.6. The van der Waals surface area contributed by atoms with E-state index < -0.39 is 0 Å². The summed E-state index contributed by atoms with van der Waals surface area (Å²) in [6.07, 6.45) is 1.62. The normalized spacial score (nSPS) is 10.9. The number of hydrogen-bond donors (Lipinski definition) is 1. The molecular formula is C13H17IN4. The van der Waals surface area contributed by atoms with Crippen molar-refractivity contribution in [2.45, 2.75) is 26.9 Å². The molecule has 0 saturated heterocycles. The molecule has 0 radical (unpaired) electrons. The molecule has 0 spiro atoms. The molecule has 1 heterocycles. The first-order chi connectivity index (χ1) is 8.66. The minimum atomic E-state index is 0.572. The fraction of sp³-hybridized carbons (Fsp3) is 0.385. The number of aromatic nitrogens is 3. The minimum absolute atomic E-state index is 0.572. The van der Waals surface area contributed by atoms with Gasteiger partial charge in [0.25, 0.3) is 0 Å². The Morgan fingerprint density at radius 2 is 2.11 bits per heavy atom. The number of anilines is 1. The Morgan fingerprint density at radius 3 is 2.83 bits per heavy atom. The van der Waals surface area contributed by atoms with Gasteiger partial charge in [0.05, 0.1) is 6.54 Å². The molecule has 1 N–H and O–H groups in total. The third-order valence-electron chi connectivity index (χ3n) is 2.54. The van der Waals surface area contributed by atoms with E-state index in [1.807, 2.05) is 16.8 Å². The summed E-state index contributed by atoms with van der Waals surface area (Å²) in [6.45, 7) is 5.97. The summed E-state index contributed by atoms with van der Waals surface area (Å²) in [5, 5.41) is 7.65. The van der Waals surface area contributed by atoms with Gasteiger partial charge in [0, 0.05) is 15.8 Å². The van der Waals surface area contributed by atoms with Gasteiger partial charge in [0.1, 0.15) is 12.2 Å². The highest BCUT2D eigenvalue weighted by Gasteiger charge is 2.06. The third-order valence-corrected chi connectivity index (χ3v) is 3.49. The van der Waals surface area contributed by atoms with Crippen LogP contribution >= 0.6 is 22.6 Å². The molecule has 18 heavy (non-hydrogen) atoms. The summed E-state index contributed by atoms with van der Waals surface area (Å²) in [4.78, 5) is 4.30. The number of para-hydroxylation sites is 1. The van der Waals surface area contributed by atoms with E-state index in [9.17, 15) is 0 Å². The van der Waals surface area contributed by atoms with Crippen LogP contribution in [0.25, 0.3) is 0 Å². The number of nitrogens with zero attached hydrogens (tertiary/aromatic N) is 3. The molecule has 0 amide bonds. The number of nitrogens with one attached hydrogen (secondary N) is 1. The Labute approximate surface area is 121 Å². The van der Waals surface area contributed by atoms with Crippen molar-refractivity contribution in [3.8, 4) is 0 Å². The Kier molecular flexibility index (Phi) is 4.57. The van der Waals surface area contributed by atoms with E-state index in [0.717, 1.165) is 18.1 Å². The Bertz CT molecular complexity index is 507. The SMILES string of the molecule is CC(C)Cn1ncnc1CNc1ccccc1I. The van der Waals surface area contributed by atoms with Crippen molar-refractivity contribution in [2.75, 3.05) is 5.32 Å². The lowest BCUT2D eigenvalue weighted by molar-refractivity contribution is 0.468. The molecule has 2 rings (SSSR count). The molecule has 1 aromatic heterocycles. The van der Waals surface area contributed by atoms with Crippen LogP contribution in [0.15, 0.2) is 30.6 Å². The standard InChI is InChI=1S/C13H17IN4/c1-10(2)8-18-13(16-9-17-18)7-15-12-6-4-3-5-11(12)14/h3-6,9-10,15H,7-8H2,1-2H3. The van der Waals surface area contributed by atoms with Crippen LogP contribution in [0.3, 0.4) is 0 Å². The average molecular weight is 356 g/mol. The molecular weight excluding hydrogens is 339 g/mol. The maximum atomic E-state index is 4.30. The predicted octanol–water partition coefficient (Wildman–Crippen LogP) is 3.15. The van der Waals surface area contributed by atoms with E-state index in [1.165, 1.54) is 3.57 Å². The van der Waals surface area contributed by atoms with Crippen LogP contribution < -0.4 is 5.32 Å². The zero-order valence-corrected chi connectivity index (χ0v) is 12.8. The van der Waals surface area contributed by atoms with E-state index in [1.54, 1.807) is 6.33 Å². The maximum absolute atomic E-state index is 4.30. The highest BCUT2D eigenvalue weighted by atomic mass is 127. The van der Waals surface area contributed by atoms with Crippen LogP contribution in [0, 0.1) is 9.49 Å². The van der Waals surface area contributed by atoms with Crippen molar-refractivity contribution in [3.63, 3.8) is 0 Å². The molecule has 0 bridgehead atoms. The lowest BCUT2D eigenvalue weighted by Crippen LogP contribution is -2.13. The van der Waals surface area contributed by atoms with Gasteiger partial charge in [-0.1, -0.05) is 26.0 Å². The third kappa shape index (κ3) is 3.44. The molecule has 5 heteroatoms. The zero-order chi connectivity index (χ0) is 13.0. The van der Waals surface area contributed by atoms with E-state index in [-0.39, 0.29) is 0 Å². The monoisotopic (exact) mass is 356 g/mol. The van der Waals surface area contributed by atoms with Gasteiger partial charge < -0.3 is 5.32 Å². The highest BCUT2D eigenvalue weighted by Crippen LogP contribution is 2.17. The summed E-state index contributed by atoms with van der Waals surface area (Å²) >= 11 is 2.32. The molecule has 96 valence electrons. The van der Waals surface area contributed by atoms with Gasteiger partial charge in [-0.2, -0.15) is 5.10 Å². The van der Waals surface area contributed by atoms with Crippen LogP contribution in [0.2, 0.25) is 0 Å². The highest BCUT2D eigenvalue weighted by molar-refractivity contribution is 14.1. The van der Waals surface area contributed by atoms with Gasteiger partial charge in [0.2, 0.25) is 0 Å². The van der Waals surface area contributed by atoms with Gasteiger partial charge in [-0.15, -0.1) is 0 Å². The number of rotatable bonds is 5. The molecule has 0 saturated carbocycles. The predicted molar refractivity (Wildman–Crippen MR) is 81.3 cm³/mol. The average Bonchev–Trinajstić information content (AvgIpc) is 2.75. The van der Waals surface area contributed by atoms with Gasteiger partial charge in [-0.3, -0.25) is 0 Å². The van der Waals surface area contributed by atoms with E-state index >= 15 is 0 Å². The number of halogens is 1. The van der Waals surface area contributed by atoms with Crippen molar-refractivity contribution in [1.29, 1.82) is 0 Å². The summed E-state index contributed by atoms with van der Waals surface area (Å²) in [7, 11) is 0. The van der Waals surface area contributed by atoms with Crippen LogP contribution in [-0.2, 0) is 13.1 Å². The molecule has 4 nitrogen and oxygen atoms in total. The number of hydrogen-bond acceptors (Lipinski definition) is 3. The first-order valence-corrected chi connectivity index (χ1v) is 7.09. The Balaban J connectivity index is 2.02. The molecule has 0 atom stereocenters. The van der Waals surface area contributed by atoms with Crippen LogP contribution in [0.5, 0.6) is 0 Å². The second-order valence-corrected chi connectivity index (χ2v) is 5.75. The molecule has 1 aromatic carbocycles. The fourth-order valence-corrected chi connectivity index (χ4v) is 2.28. The summed E-state index contributed by atoms with van der Waals surface area (Å²) in [5.41, 5.74) is 1.14. The smallest absolute Gasteiger partial charge is 0.146 e. The van der Waals surface area contributed by atoms with Crippen molar-refractivity contribution in [3.05, 3.63) is 40.0 Å². The van der Waals surface area contributed by atoms with E-state index in [0.29, 0.717) is 12.5 Å². The molecule has 0 aliphatic rings. The summed E-state index contributed by atoms with van der Waals surface area (Å²) in [6, 6.07) is 8.23. The van der Waals surface area contributed by atoms with Crippen molar-refractivity contribution >= 4 is 28.3 Å². The first kappa shape index (κ1) is 13.3. The quantitative estimate of drug-likeness (QED) is 0.837. The van der Waals surface area contributed by atoms with Crippen LogP contribution in [-0.4, -0.2) is 14.8 Å². The van der Waals surface area contributed by atoms with E-state index in [2.05, 4.69) is 64.0 Å². The van der Waals surface area contributed by atoms with Crippen LogP contribution in [0.1, 0.15) is 19.7 Å². The van der Waals surface area contributed by atoms with Crippen molar-refractivity contribution in [1.82, 2.24) is 14.8 Å². The largest absolute Gasteiger partial charge is 0.377 e. The summed E-state index contributed by atoms with van der Waals surface area (Å²) in [5.74, 6) is 1.55. The second-order valence-electron chi connectivity index (χ2n) is 4.59. The van der Waals surface area contributed by atoms with Gasteiger partial charge in [0.15, 0.2) is 0 Å². The molecule has 0 aliphatic carbocycles. The van der Waals surface area contributed by atoms with E-state index in [4.69, 9.17) is 0 Å². The van der Waals surface area contributed by atoms with Crippen molar-refractivity contribution in [2.24, 2.45) is 5.92 Å². The Hall–Kier alpha value is -1.11. The Morgan fingerprint density at radius 1 is 1.33 bits per heavy atom. The maximum Gasteiger partial charge on any atom is 0.146 e. The lowest BCUT2D eigenvalue weighted by atomic mass is 10.2.